The highest BCUT2D eigenvalue weighted by Crippen LogP contribution is 2.54. The average Bonchev–Trinajstić information content (AvgIpc) is 2.99. The van der Waals surface area contributed by atoms with Crippen molar-refractivity contribution in [2.24, 2.45) is 5.92 Å². The summed E-state index contributed by atoms with van der Waals surface area (Å²) < 4.78 is 38.7. The van der Waals surface area contributed by atoms with Crippen LogP contribution in [0.5, 0.6) is 0 Å². The first-order valence-corrected chi connectivity index (χ1v) is 5.28. The van der Waals surface area contributed by atoms with Crippen molar-refractivity contribution in [1.29, 1.82) is 0 Å². The highest BCUT2D eigenvalue weighted by atomic mass is 35.5. The summed E-state index contributed by atoms with van der Waals surface area (Å²) in [5.41, 5.74) is -2.86. The molecule has 1 aliphatic carbocycles. The van der Waals surface area contributed by atoms with Crippen LogP contribution in [0.2, 0.25) is 5.02 Å². The molecule has 5 heteroatoms. The van der Waals surface area contributed by atoms with Gasteiger partial charge in [0.05, 0.1) is 0 Å². The summed E-state index contributed by atoms with van der Waals surface area (Å²) in [4.78, 5) is 0. The lowest BCUT2D eigenvalue weighted by molar-refractivity contribution is -0.275. The molecule has 0 radical (unpaired) electrons. The first kappa shape index (κ1) is 11.7. The Morgan fingerprint density at radius 2 is 1.62 bits per heavy atom. The van der Waals surface area contributed by atoms with Crippen LogP contribution in [0.25, 0.3) is 0 Å². The molecule has 0 aliphatic heterocycles. The van der Waals surface area contributed by atoms with E-state index in [-0.39, 0.29) is 5.56 Å². The second-order valence-electron chi connectivity index (χ2n) is 4.05. The van der Waals surface area contributed by atoms with E-state index in [1.54, 1.807) is 0 Å². The molecule has 0 bridgehead atoms. The lowest BCUT2D eigenvalue weighted by atomic mass is 9.88. The quantitative estimate of drug-likeness (QED) is 0.852. The molecule has 1 fully saturated rings. The molecule has 0 spiro atoms. The summed E-state index contributed by atoms with van der Waals surface area (Å²) in [5, 5.41) is 10.2. The number of rotatable bonds is 2. The molecule has 1 nitrogen and oxygen atoms in total. The maximum Gasteiger partial charge on any atom is 0.421 e. The Morgan fingerprint density at radius 3 is 2.00 bits per heavy atom. The Morgan fingerprint density at radius 1 is 1.12 bits per heavy atom. The monoisotopic (exact) mass is 250 g/mol. The van der Waals surface area contributed by atoms with Crippen molar-refractivity contribution >= 4 is 11.6 Å². The molecule has 1 aromatic carbocycles. The van der Waals surface area contributed by atoms with Gasteiger partial charge in [-0.1, -0.05) is 23.7 Å². The lowest BCUT2D eigenvalue weighted by Gasteiger charge is -2.31. The fourth-order valence-electron chi connectivity index (χ4n) is 1.84. The fourth-order valence-corrected chi connectivity index (χ4v) is 1.96. The van der Waals surface area contributed by atoms with E-state index in [9.17, 15) is 18.3 Å². The van der Waals surface area contributed by atoms with Gasteiger partial charge in [-0.25, -0.2) is 0 Å². The first-order chi connectivity index (χ1) is 7.35. The van der Waals surface area contributed by atoms with Crippen molar-refractivity contribution in [2.75, 3.05) is 0 Å². The molecule has 0 aromatic heterocycles. The maximum atomic E-state index is 12.9. The summed E-state index contributed by atoms with van der Waals surface area (Å²) in [6, 6.07) is 5.17. The van der Waals surface area contributed by atoms with E-state index in [0.717, 1.165) is 0 Å². The van der Waals surface area contributed by atoms with Crippen molar-refractivity contribution in [3.8, 4) is 0 Å². The standard InChI is InChI=1S/C11H10ClF3O/c12-9-5-3-8(4-6-9)10(16,7-1-2-7)11(13,14)15/h3-7,16H,1-2H2. The largest absolute Gasteiger partial charge is 0.421 e. The number of hydrogen-bond acceptors (Lipinski definition) is 1. The van der Waals surface area contributed by atoms with Crippen LogP contribution in [0.3, 0.4) is 0 Å². The van der Waals surface area contributed by atoms with Gasteiger partial charge in [0.15, 0.2) is 5.60 Å². The molecular weight excluding hydrogens is 241 g/mol. The Labute approximate surface area is 95.8 Å². The van der Waals surface area contributed by atoms with Gasteiger partial charge in [-0.3, -0.25) is 0 Å². The summed E-state index contributed by atoms with van der Waals surface area (Å²) in [5.74, 6) is -0.728. The molecule has 0 saturated heterocycles. The summed E-state index contributed by atoms with van der Waals surface area (Å²) >= 11 is 5.61. The van der Waals surface area contributed by atoms with Gasteiger partial charge >= 0.3 is 6.18 Å². The second kappa shape index (κ2) is 3.64. The highest BCUT2D eigenvalue weighted by Gasteiger charge is 2.62. The van der Waals surface area contributed by atoms with E-state index in [4.69, 9.17) is 11.6 Å². The Balaban J connectivity index is 2.43. The third-order valence-electron chi connectivity index (χ3n) is 2.88. The molecule has 1 N–H and O–H groups in total. The van der Waals surface area contributed by atoms with Crippen LogP contribution in [0, 0.1) is 5.92 Å². The fraction of sp³-hybridized carbons (Fsp3) is 0.455. The van der Waals surface area contributed by atoms with Gasteiger partial charge in [0, 0.05) is 10.9 Å². The SMILES string of the molecule is OC(c1ccc(Cl)cc1)(C1CC1)C(F)(F)F. The van der Waals surface area contributed by atoms with Crippen LogP contribution < -0.4 is 0 Å². The van der Waals surface area contributed by atoms with Gasteiger partial charge in [-0.05, 0) is 30.5 Å². The second-order valence-corrected chi connectivity index (χ2v) is 4.48. The predicted molar refractivity (Wildman–Crippen MR) is 54.1 cm³/mol. The number of alkyl halides is 3. The molecule has 0 amide bonds. The number of aliphatic hydroxyl groups is 1. The minimum absolute atomic E-state index is 0.132. The lowest BCUT2D eigenvalue weighted by Crippen LogP contribution is -2.44. The first-order valence-electron chi connectivity index (χ1n) is 4.91. The molecule has 1 saturated carbocycles. The summed E-state index contributed by atoms with van der Waals surface area (Å²) in [6.07, 6.45) is -3.85. The molecule has 1 aliphatic rings. The van der Waals surface area contributed by atoms with Gasteiger partial charge in [0.25, 0.3) is 0 Å². The van der Waals surface area contributed by atoms with Gasteiger partial charge in [0.1, 0.15) is 0 Å². The minimum Gasteiger partial charge on any atom is -0.376 e. The van der Waals surface area contributed by atoms with Crippen LogP contribution in [0.15, 0.2) is 24.3 Å². The average molecular weight is 251 g/mol. The minimum atomic E-state index is -4.65. The zero-order chi connectivity index (χ0) is 12.0. The van der Waals surface area contributed by atoms with Gasteiger partial charge in [0.2, 0.25) is 0 Å². The van der Waals surface area contributed by atoms with E-state index >= 15 is 0 Å². The third kappa shape index (κ3) is 1.80. The smallest absolute Gasteiger partial charge is 0.376 e. The van der Waals surface area contributed by atoms with E-state index in [1.807, 2.05) is 0 Å². The van der Waals surface area contributed by atoms with Gasteiger partial charge < -0.3 is 5.11 Å². The maximum absolute atomic E-state index is 12.9. The zero-order valence-corrected chi connectivity index (χ0v) is 9.02. The highest BCUT2D eigenvalue weighted by molar-refractivity contribution is 6.30. The molecule has 2 rings (SSSR count). The van der Waals surface area contributed by atoms with Crippen molar-refractivity contribution in [1.82, 2.24) is 0 Å². The Bertz CT molecular complexity index is 383. The summed E-state index contributed by atoms with van der Waals surface area (Å²) in [6.45, 7) is 0. The normalized spacial score (nSPS) is 20.6. The van der Waals surface area contributed by atoms with Crippen LogP contribution in [0.4, 0.5) is 13.2 Å². The Hall–Kier alpha value is -0.740. The summed E-state index contributed by atoms with van der Waals surface area (Å²) in [7, 11) is 0. The number of benzene rings is 1. The molecule has 1 unspecified atom stereocenters. The van der Waals surface area contributed by atoms with E-state index in [0.29, 0.717) is 17.9 Å². The van der Waals surface area contributed by atoms with E-state index in [1.165, 1.54) is 24.3 Å². The van der Waals surface area contributed by atoms with Crippen LogP contribution in [0.1, 0.15) is 18.4 Å². The van der Waals surface area contributed by atoms with Gasteiger partial charge in [-0.2, -0.15) is 13.2 Å². The van der Waals surface area contributed by atoms with Gasteiger partial charge in [-0.15, -0.1) is 0 Å². The van der Waals surface area contributed by atoms with E-state index in [2.05, 4.69) is 0 Å². The van der Waals surface area contributed by atoms with Crippen molar-refractivity contribution in [3.63, 3.8) is 0 Å². The number of halogens is 4. The van der Waals surface area contributed by atoms with Crippen LogP contribution in [-0.2, 0) is 5.60 Å². The van der Waals surface area contributed by atoms with Crippen molar-refractivity contribution < 1.29 is 18.3 Å². The van der Waals surface area contributed by atoms with Crippen LogP contribution >= 0.6 is 11.6 Å². The molecule has 1 aromatic rings. The molecule has 16 heavy (non-hydrogen) atoms. The van der Waals surface area contributed by atoms with Crippen molar-refractivity contribution in [3.05, 3.63) is 34.9 Å². The Kier molecular flexibility index (Phi) is 2.67. The van der Waals surface area contributed by atoms with Crippen LogP contribution in [-0.4, -0.2) is 11.3 Å². The third-order valence-corrected chi connectivity index (χ3v) is 3.14. The molecule has 88 valence electrons. The number of hydrogen-bond donors (Lipinski definition) is 1. The van der Waals surface area contributed by atoms with E-state index < -0.39 is 17.7 Å². The topological polar surface area (TPSA) is 20.2 Å². The molecule has 1 atom stereocenters. The molecular formula is C11H10ClF3O. The molecule has 0 heterocycles. The predicted octanol–water partition coefficient (Wildman–Crippen LogP) is 3.50. The van der Waals surface area contributed by atoms with Crippen molar-refractivity contribution in [2.45, 2.75) is 24.6 Å². The zero-order valence-electron chi connectivity index (χ0n) is 8.26.